The lowest BCUT2D eigenvalue weighted by molar-refractivity contribution is -0.137. The summed E-state index contributed by atoms with van der Waals surface area (Å²) in [7, 11) is 0. The number of carbonyl (C=O) groups excluding carboxylic acids is 2. The Morgan fingerprint density at radius 2 is 1.74 bits per heavy atom. The van der Waals surface area contributed by atoms with Crippen LogP contribution in [0.25, 0.3) is 0 Å². The molecule has 0 radical (unpaired) electrons. The number of hydrogen-bond acceptors (Lipinski definition) is 4. The van der Waals surface area contributed by atoms with Crippen LogP contribution in [0.5, 0.6) is 0 Å². The molecule has 0 unspecified atom stereocenters. The molecule has 0 bridgehead atoms. The van der Waals surface area contributed by atoms with Gasteiger partial charge in [-0.2, -0.15) is 13.2 Å². The number of hydrogen-bond donors (Lipinski definition) is 3. The van der Waals surface area contributed by atoms with Gasteiger partial charge in [-0.05, 0) is 42.8 Å². The maximum Gasteiger partial charge on any atom is 0.417 e. The Labute approximate surface area is 154 Å². The first kappa shape index (κ1) is 20.2. The molecular weight excluding hydrogens is 361 g/mol. The Balaban J connectivity index is 1.70. The molecule has 144 valence electrons. The Morgan fingerprint density at radius 3 is 2.30 bits per heavy atom. The molecule has 0 atom stereocenters. The van der Waals surface area contributed by atoms with E-state index in [1.807, 2.05) is 0 Å². The van der Waals surface area contributed by atoms with Crippen LogP contribution >= 0.6 is 0 Å². The minimum atomic E-state index is -4.41. The number of rotatable bonds is 7. The van der Waals surface area contributed by atoms with Crippen LogP contribution in [0.3, 0.4) is 0 Å². The van der Waals surface area contributed by atoms with Gasteiger partial charge in [-0.3, -0.25) is 9.59 Å². The Kier molecular flexibility index (Phi) is 6.75. The number of aromatic nitrogens is 1. The first-order valence-electron chi connectivity index (χ1n) is 8.18. The molecular formula is C18H19F3N4O2. The number of nitrogens with one attached hydrogen (secondary N) is 3. The number of nitrogens with zero attached hydrogens (tertiary/aromatic N) is 1. The van der Waals surface area contributed by atoms with E-state index in [4.69, 9.17) is 0 Å². The Hall–Kier alpha value is -3.10. The van der Waals surface area contributed by atoms with Gasteiger partial charge in [0.1, 0.15) is 5.82 Å². The molecule has 9 heteroatoms. The molecule has 0 fully saturated rings. The highest BCUT2D eigenvalue weighted by Crippen LogP contribution is 2.28. The third-order valence-electron chi connectivity index (χ3n) is 3.50. The number of carbonyl (C=O) groups is 2. The van der Waals surface area contributed by atoms with Crippen LogP contribution in [0, 0.1) is 0 Å². The Morgan fingerprint density at radius 1 is 1.04 bits per heavy atom. The molecule has 1 aromatic carbocycles. The molecule has 2 amide bonds. The van der Waals surface area contributed by atoms with Crippen molar-refractivity contribution in [1.29, 1.82) is 0 Å². The summed E-state index contributed by atoms with van der Waals surface area (Å²) in [6, 6.07) is 8.69. The molecule has 0 aliphatic heterocycles. The first-order chi connectivity index (χ1) is 12.8. The van der Waals surface area contributed by atoms with Crippen molar-refractivity contribution in [2.75, 3.05) is 23.7 Å². The predicted octanol–water partition coefficient (Wildman–Crippen LogP) is 3.29. The maximum absolute atomic E-state index is 12.4. The van der Waals surface area contributed by atoms with E-state index in [2.05, 4.69) is 20.9 Å². The predicted molar refractivity (Wildman–Crippen MR) is 95.4 cm³/mol. The van der Waals surface area contributed by atoms with E-state index in [1.54, 1.807) is 24.3 Å². The summed E-state index contributed by atoms with van der Waals surface area (Å²) in [4.78, 5) is 26.7. The average molecular weight is 380 g/mol. The van der Waals surface area contributed by atoms with Crippen LogP contribution in [0.2, 0.25) is 0 Å². The Bertz CT molecular complexity index is 775. The molecule has 2 rings (SSSR count). The lowest BCUT2D eigenvalue weighted by Crippen LogP contribution is -2.25. The summed E-state index contributed by atoms with van der Waals surface area (Å²) in [6.45, 7) is 2.23. The SMILES string of the molecule is CC(=O)Nc1ccc(C(=O)NCCCNc2ccc(C(F)(F)F)cn2)cc1. The molecule has 6 nitrogen and oxygen atoms in total. The van der Waals surface area contributed by atoms with Gasteiger partial charge in [-0.15, -0.1) is 0 Å². The van der Waals surface area contributed by atoms with E-state index in [9.17, 15) is 22.8 Å². The van der Waals surface area contributed by atoms with Gasteiger partial charge in [-0.1, -0.05) is 0 Å². The summed E-state index contributed by atoms with van der Waals surface area (Å²) in [5.74, 6) is -0.109. The van der Waals surface area contributed by atoms with Gasteiger partial charge >= 0.3 is 6.18 Å². The monoisotopic (exact) mass is 380 g/mol. The molecule has 2 aromatic rings. The molecule has 3 N–H and O–H groups in total. The zero-order valence-corrected chi connectivity index (χ0v) is 14.6. The molecule has 0 spiro atoms. The van der Waals surface area contributed by atoms with Crippen molar-refractivity contribution in [3.05, 3.63) is 53.7 Å². The zero-order valence-electron chi connectivity index (χ0n) is 14.6. The van der Waals surface area contributed by atoms with Crippen molar-refractivity contribution in [1.82, 2.24) is 10.3 Å². The highest BCUT2D eigenvalue weighted by molar-refractivity contribution is 5.95. The van der Waals surface area contributed by atoms with Crippen LogP contribution < -0.4 is 16.0 Å². The molecule has 1 heterocycles. The second-order valence-electron chi connectivity index (χ2n) is 5.72. The van der Waals surface area contributed by atoms with Crippen LogP contribution in [0.1, 0.15) is 29.3 Å². The van der Waals surface area contributed by atoms with E-state index in [0.29, 0.717) is 36.6 Å². The number of amides is 2. The molecule has 27 heavy (non-hydrogen) atoms. The first-order valence-corrected chi connectivity index (χ1v) is 8.18. The second kappa shape index (κ2) is 9.02. The van der Waals surface area contributed by atoms with Crippen molar-refractivity contribution in [3.8, 4) is 0 Å². The smallest absolute Gasteiger partial charge is 0.370 e. The van der Waals surface area contributed by atoms with Crippen molar-refractivity contribution in [2.45, 2.75) is 19.5 Å². The van der Waals surface area contributed by atoms with Gasteiger partial charge in [-0.25, -0.2) is 4.98 Å². The number of halogens is 3. The van der Waals surface area contributed by atoms with Gasteiger partial charge in [0.15, 0.2) is 0 Å². The van der Waals surface area contributed by atoms with Crippen LogP contribution in [-0.2, 0) is 11.0 Å². The highest BCUT2D eigenvalue weighted by Gasteiger charge is 2.30. The number of benzene rings is 1. The van der Waals surface area contributed by atoms with Crippen molar-refractivity contribution in [2.24, 2.45) is 0 Å². The number of anilines is 2. The van der Waals surface area contributed by atoms with Gasteiger partial charge in [0.05, 0.1) is 5.56 Å². The fourth-order valence-electron chi connectivity index (χ4n) is 2.18. The minimum Gasteiger partial charge on any atom is -0.370 e. The second-order valence-corrected chi connectivity index (χ2v) is 5.72. The van der Waals surface area contributed by atoms with E-state index in [0.717, 1.165) is 12.3 Å². The standard InChI is InChI=1S/C18H19F3N4O2/c1-12(26)25-15-6-3-13(4-7-15)17(27)23-10-2-9-22-16-8-5-14(11-24-16)18(19,20)21/h3-8,11H,2,9-10H2,1H3,(H,22,24)(H,23,27)(H,25,26). The van der Waals surface area contributed by atoms with Gasteiger partial charge in [0, 0.05) is 37.5 Å². The van der Waals surface area contributed by atoms with Crippen molar-refractivity contribution < 1.29 is 22.8 Å². The fourth-order valence-corrected chi connectivity index (χ4v) is 2.18. The van der Waals surface area contributed by atoms with Crippen LogP contribution in [0.15, 0.2) is 42.6 Å². The lowest BCUT2D eigenvalue weighted by atomic mass is 10.2. The summed E-state index contributed by atoms with van der Waals surface area (Å²) < 4.78 is 37.3. The largest absolute Gasteiger partial charge is 0.417 e. The zero-order chi connectivity index (χ0) is 19.9. The minimum absolute atomic E-state index is 0.192. The summed E-state index contributed by atoms with van der Waals surface area (Å²) in [5, 5.41) is 8.24. The van der Waals surface area contributed by atoms with Crippen LogP contribution in [0.4, 0.5) is 24.7 Å². The third-order valence-corrected chi connectivity index (χ3v) is 3.50. The van der Waals surface area contributed by atoms with Crippen LogP contribution in [-0.4, -0.2) is 29.9 Å². The fraction of sp³-hybridized carbons (Fsp3) is 0.278. The molecule has 1 aromatic heterocycles. The van der Waals surface area contributed by atoms with E-state index < -0.39 is 11.7 Å². The average Bonchev–Trinajstić information content (AvgIpc) is 2.61. The maximum atomic E-state index is 12.4. The number of alkyl halides is 3. The van der Waals surface area contributed by atoms with E-state index >= 15 is 0 Å². The van der Waals surface area contributed by atoms with Gasteiger partial charge < -0.3 is 16.0 Å². The normalized spacial score (nSPS) is 11.0. The lowest BCUT2D eigenvalue weighted by Gasteiger charge is -2.09. The third kappa shape index (κ3) is 6.61. The molecule has 0 saturated heterocycles. The summed E-state index contributed by atoms with van der Waals surface area (Å²) in [5.41, 5.74) is 0.263. The van der Waals surface area contributed by atoms with Crippen molar-refractivity contribution >= 4 is 23.3 Å². The van der Waals surface area contributed by atoms with Crippen molar-refractivity contribution in [3.63, 3.8) is 0 Å². The molecule has 0 aliphatic rings. The summed E-state index contributed by atoms with van der Waals surface area (Å²) >= 11 is 0. The highest BCUT2D eigenvalue weighted by atomic mass is 19.4. The van der Waals surface area contributed by atoms with E-state index in [1.165, 1.54) is 13.0 Å². The van der Waals surface area contributed by atoms with Gasteiger partial charge in [0.25, 0.3) is 5.91 Å². The number of pyridine rings is 1. The molecule has 0 aliphatic carbocycles. The topological polar surface area (TPSA) is 83.1 Å². The molecule has 0 saturated carbocycles. The quantitative estimate of drug-likeness (QED) is 0.644. The summed E-state index contributed by atoms with van der Waals surface area (Å²) in [6.07, 6.45) is -3.07. The van der Waals surface area contributed by atoms with Gasteiger partial charge in [0.2, 0.25) is 5.91 Å². The van der Waals surface area contributed by atoms with E-state index in [-0.39, 0.29) is 11.8 Å².